The summed E-state index contributed by atoms with van der Waals surface area (Å²) in [4.78, 5) is 4.50. The number of rotatable bonds is 18. The third-order valence-electron chi connectivity index (χ3n) is 10.1. The number of aliphatic hydroxyl groups is 1. The standard InChI is InChI=1S/C45H61N3O5/c1-10-20-46(27-37-28-47(21-15-22-50-8)42-19-13-12-18-40(37)42)32(3)41-29-48(33(4)53-45(5,6)7)30-43(49)44(41)36-16-14-17-38(26-36)52-31-35-23-34(11-2)24-39(25-35)51-9/h12-14,16-19,23-26,28,41,43-44,49H,3-4,10-11,15,20-22,27,29-31H2,1-2,5-9H3/t41?,43?,44-/m1/s1. The van der Waals surface area contributed by atoms with Crippen molar-refractivity contribution in [3.63, 3.8) is 0 Å². The minimum Gasteiger partial charge on any atom is -0.497 e. The Balaban J connectivity index is 1.46. The van der Waals surface area contributed by atoms with Crippen LogP contribution in [0.3, 0.4) is 0 Å². The van der Waals surface area contributed by atoms with Crippen molar-refractivity contribution in [2.45, 2.75) is 91.2 Å². The second kappa shape index (κ2) is 18.1. The van der Waals surface area contributed by atoms with E-state index in [0.29, 0.717) is 32.1 Å². The zero-order chi connectivity index (χ0) is 38.1. The lowest BCUT2D eigenvalue weighted by Crippen LogP contribution is -2.50. The van der Waals surface area contributed by atoms with Gasteiger partial charge in [0.25, 0.3) is 0 Å². The molecule has 3 atom stereocenters. The third kappa shape index (κ3) is 10.2. The van der Waals surface area contributed by atoms with E-state index in [-0.39, 0.29) is 11.8 Å². The van der Waals surface area contributed by atoms with Crippen LogP contribution in [0.2, 0.25) is 0 Å². The predicted octanol–water partition coefficient (Wildman–Crippen LogP) is 8.92. The molecule has 0 spiro atoms. The molecule has 0 saturated carbocycles. The molecule has 1 aliphatic rings. The van der Waals surface area contributed by atoms with Crippen LogP contribution >= 0.6 is 0 Å². The topological polar surface area (TPSA) is 68.6 Å². The number of aliphatic hydroxyl groups excluding tert-OH is 1. The van der Waals surface area contributed by atoms with Gasteiger partial charge in [0.2, 0.25) is 0 Å². The minimum atomic E-state index is -0.697. The number of β-amino-alcohol motifs (C(OH)–C–C–N with tert-alkyl or cyclic N) is 1. The summed E-state index contributed by atoms with van der Waals surface area (Å²) in [5, 5.41) is 13.3. The van der Waals surface area contributed by atoms with Crippen LogP contribution in [0, 0.1) is 5.92 Å². The summed E-state index contributed by atoms with van der Waals surface area (Å²) in [6.07, 6.45) is 4.42. The Morgan fingerprint density at radius 1 is 0.943 bits per heavy atom. The first-order chi connectivity index (χ1) is 25.4. The highest BCUT2D eigenvalue weighted by molar-refractivity contribution is 5.84. The zero-order valence-electron chi connectivity index (χ0n) is 33.1. The highest BCUT2D eigenvalue weighted by atomic mass is 16.5. The van der Waals surface area contributed by atoms with Crippen molar-refractivity contribution in [3.8, 4) is 11.5 Å². The molecule has 1 aromatic heterocycles. The molecule has 1 aliphatic heterocycles. The molecular formula is C45H61N3O5. The van der Waals surface area contributed by atoms with Gasteiger partial charge in [0, 0.05) is 81.1 Å². The smallest absolute Gasteiger partial charge is 0.182 e. The number of ether oxygens (including phenoxy) is 4. The Morgan fingerprint density at radius 3 is 2.43 bits per heavy atom. The van der Waals surface area contributed by atoms with Gasteiger partial charge in [0.1, 0.15) is 23.7 Å². The molecule has 53 heavy (non-hydrogen) atoms. The van der Waals surface area contributed by atoms with Crippen molar-refractivity contribution in [1.82, 2.24) is 14.4 Å². The number of hydrogen-bond donors (Lipinski definition) is 1. The largest absolute Gasteiger partial charge is 0.497 e. The fourth-order valence-electron chi connectivity index (χ4n) is 7.58. The summed E-state index contributed by atoms with van der Waals surface area (Å²) >= 11 is 0. The van der Waals surface area contributed by atoms with Crippen molar-refractivity contribution < 1.29 is 24.1 Å². The van der Waals surface area contributed by atoms with E-state index < -0.39 is 11.7 Å². The molecule has 0 bridgehead atoms. The quantitative estimate of drug-likeness (QED) is 0.0813. The molecular weight excluding hydrogens is 663 g/mol. The number of aryl methyl sites for hydroxylation is 2. The predicted molar refractivity (Wildman–Crippen MR) is 215 cm³/mol. The average Bonchev–Trinajstić information content (AvgIpc) is 3.49. The summed E-state index contributed by atoms with van der Waals surface area (Å²) in [7, 11) is 3.45. The number of nitrogens with zero attached hydrogens (tertiary/aromatic N) is 3. The van der Waals surface area contributed by atoms with E-state index in [1.54, 1.807) is 14.2 Å². The summed E-state index contributed by atoms with van der Waals surface area (Å²) < 4.78 is 25.9. The Bertz CT molecular complexity index is 1800. The Hall–Kier alpha value is -4.40. The highest BCUT2D eigenvalue weighted by Crippen LogP contribution is 2.41. The van der Waals surface area contributed by atoms with Gasteiger partial charge in [0.15, 0.2) is 5.88 Å². The van der Waals surface area contributed by atoms with Crippen LogP contribution in [0.15, 0.2) is 97.7 Å². The van der Waals surface area contributed by atoms with Crippen LogP contribution < -0.4 is 9.47 Å². The number of hydrogen-bond acceptors (Lipinski definition) is 7. The molecule has 2 unspecified atom stereocenters. The van der Waals surface area contributed by atoms with Gasteiger partial charge in [-0.2, -0.15) is 0 Å². The average molecular weight is 724 g/mol. The highest BCUT2D eigenvalue weighted by Gasteiger charge is 2.41. The van der Waals surface area contributed by atoms with E-state index in [4.69, 9.17) is 25.5 Å². The Morgan fingerprint density at radius 2 is 1.72 bits per heavy atom. The van der Waals surface area contributed by atoms with Gasteiger partial charge >= 0.3 is 0 Å². The van der Waals surface area contributed by atoms with Crippen molar-refractivity contribution in [2.75, 3.05) is 40.5 Å². The van der Waals surface area contributed by atoms with Gasteiger partial charge in [-0.15, -0.1) is 0 Å². The van der Waals surface area contributed by atoms with Crippen LogP contribution in [0.1, 0.15) is 75.6 Å². The number of fused-ring (bicyclic) bond motifs is 1. The normalized spacial score (nSPS) is 17.5. The lowest BCUT2D eigenvalue weighted by atomic mass is 9.76. The lowest BCUT2D eigenvalue weighted by molar-refractivity contribution is -0.0386. The summed E-state index contributed by atoms with van der Waals surface area (Å²) in [6, 6.07) is 23.1. The molecule has 286 valence electrons. The second-order valence-corrected chi connectivity index (χ2v) is 15.2. The van der Waals surface area contributed by atoms with E-state index in [9.17, 15) is 5.11 Å². The Labute approximate surface area is 317 Å². The van der Waals surface area contributed by atoms with E-state index >= 15 is 0 Å². The molecule has 3 aromatic carbocycles. The SMILES string of the molecule is C=C(OC(C)(C)C)N1CC(O)[C@H](c2cccc(OCc3cc(CC)cc(OC)c3)c2)C(C(=C)N(CCC)Cc2cn(CCCOC)c3ccccc23)C1. The molecule has 5 rings (SSSR count). The summed E-state index contributed by atoms with van der Waals surface area (Å²) in [5.74, 6) is 1.81. The monoisotopic (exact) mass is 723 g/mol. The summed E-state index contributed by atoms with van der Waals surface area (Å²) in [6.45, 7) is 24.1. The van der Waals surface area contributed by atoms with Gasteiger partial charge in [-0.05, 0) is 99.2 Å². The van der Waals surface area contributed by atoms with Crippen LogP contribution in [0.25, 0.3) is 10.9 Å². The molecule has 0 amide bonds. The molecule has 0 aliphatic carbocycles. The maximum Gasteiger partial charge on any atom is 0.182 e. The minimum absolute atomic E-state index is 0.124. The van der Waals surface area contributed by atoms with Gasteiger partial charge in [0.05, 0.1) is 13.2 Å². The van der Waals surface area contributed by atoms with Crippen LogP contribution in [0.4, 0.5) is 0 Å². The molecule has 2 heterocycles. The number of methoxy groups -OCH3 is 2. The maximum absolute atomic E-state index is 12.1. The number of piperidine rings is 1. The number of aromatic nitrogens is 1. The fraction of sp³-hybridized carbons (Fsp3) is 0.467. The van der Waals surface area contributed by atoms with Crippen LogP contribution in [-0.2, 0) is 35.6 Å². The van der Waals surface area contributed by atoms with Gasteiger partial charge in [-0.1, -0.05) is 56.8 Å². The van der Waals surface area contributed by atoms with E-state index in [0.717, 1.165) is 67.3 Å². The van der Waals surface area contributed by atoms with Crippen molar-refractivity contribution in [3.05, 3.63) is 120 Å². The van der Waals surface area contributed by atoms with E-state index in [2.05, 4.69) is 89.5 Å². The maximum atomic E-state index is 12.1. The second-order valence-electron chi connectivity index (χ2n) is 15.2. The van der Waals surface area contributed by atoms with Crippen molar-refractivity contribution >= 4 is 10.9 Å². The van der Waals surface area contributed by atoms with E-state index in [1.807, 2.05) is 39.0 Å². The number of para-hydroxylation sites is 1. The first-order valence-electron chi connectivity index (χ1n) is 19.1. The first-order valence-corrected chi connectivity index (χ1v) is 19.1. The zero-order valence-corrected chi connectivity index (χ0v) is 33.1. The first kappa shape index (κ1) is 39.8. The lowest BCUT2D eigenvalue weighted by Gasteiger charge is -2.46. The third-order valence-corrected chi connectivity index (χ3v) is 10.1. The molecule has 8 nitrogen and oxygen atoms in total. The van der Waals surface area contributed by atoms with Gasteiger partial charge in [-0.25, -0.2) is 0 Å². The molecule has 1 saturated heterocycles. The van der Waals surface area contributed by atoms with Crippen molar-refractivity contribution in [1.29, 1.82) is 0 Å². The summed E-state index contributed by atoms with van der Waals surface area (Å²) in [5.41, 5.74) is 6.35. The van der Waals surface area contributed by atoms with Gasteiger partial charge < -0.3 is 38.4 Å². The molecule has 8 heteroatoms. The van der Waals surface area contributed by atoms with E-state index in [1.165, 1.54) is 22.0 Å². The van der Waals surface area contributed by atoms with Crippen molar-refractivity contribution in [2.24, 2.45) is 5.92 Å². The fourth-order valence-corrected chi connectivity index (χ4v) is 7.58. The van der Waals surface area contributed by atoms with Gasteiger partial charge in [-0.3, -0.25) is 0 Å². The molecule has 1 fully saturated rings. The molecule has 1 N–H and O–H groups in total. The van der Waals surface area contributed by atoms with Crippen LogP contribution in [0.5, 0.6) is 11.5 Å². The Kier molecular flexibility index (Phi) is 13.6. The van der Waals surface area contributed by atoms with Crippen LogP contribution in [-0.4, -0.2) is 71.6 Å². The molecule has 0 radical (unpaired) electrons. The molecule has 4 aromatic rings. The number of likely N-dealkylation sites (tertiary alicyclic amines) is 1. The number of benzene rings is 3.